The number of nitriles is 1. The fourth-order valence-corrected chi connectivity index (χ4v) is 3.60. The topological polar surface area (TPSA) is 99.6 Å². The highest BCUT2D eigenvalue weighted by Gasteiger charge is 2.20. The van der Waals surface area contributed by atoms with Crippen LogP contribution in [0.25, 0.3) is 22.4 Å². The molecule has 1 heterocycles. The van der Waals surface area contributed by atoms with Crippen LogP contribution in [-0.4, -0.2) is 26.3 Å². The summed E-state index contributed by atoms with van der Waals surface area (Å²) in [5.41, 5.74) is 9.09. The minimum absolute atomic E-state index is 0.122. The molecule has 7 heteroatoms. The Labute approximate surface area is 197 Å². The van der Waals surface area contributed by atoms with Crippen molar-refractivity contribution in [3.05, 3.63) is 78.4 Å². The summed E-state index contributed by atoms with van der Waals surface area (Å²) >= 11 is 0. The first kappa shape index (κ1) is 22.5. The van der Waals surface area contributed by atoms with Crippen molar-refractivity contribution in [2.45, 2.75) is 0 Å². The Hall–Kier alpha value is -4.70. The molecule has 0 amide bonds. The number of para-hydroxylation sites is 1. The van der Waals surface area contributed by atoms with Crippen LogP contribution in [0.3, 0.4) is 0 Å². The van der Waals surface area contributed by atoms with Gasteiger partial charge in [0.1, 0.15) is 34.7 Å². The molecule has 4 rings (SSSR count). The molecular formula is C27H23N3O4. The van der Waals surface area contributed by atoms with Crippen LogP contribution < -0.4 is 24.7 Å². The van der Waals surface area contributed by atoms with Crippen molar-refractivity contribution in [2.24, 2.45) is 0 Å². The number of pyridine rings is 1. The van der Waals surface area contributed by atoms with E-state index in [0.29, 0.717) is 39.8 Å². The smallest absolute Gasteiger partial charge is 0.164 e. The van der Waals surface area contributed by atoms with E-state index in [-0.39, 0.29) is 11.4 Å². The van der Waals surface area contributed by atoms with Crippen molar-refractivity contribution in [3.8, 4) is 57.2 Å². The van der Waals surface area contributed by atoms with Gasteiger partial charge in [-0.1, -0.05) is 18.2 Å². The average Bonchev–Trinajstić information content (AvgIpc) is 2.88. The van der Waals surface area contributed by atoms with Gasteiger partial charge in [0.15, 0.2) is 11.5 Å². The zero-order valence-electron chi connectivity index (χ0n) is 19.0. The second kappa shape index (κ2) is 9.84. The molecule has 170 valence electrons. The van der Waals surface area contributed by atoms with E-state index in [1.54, 1.807) is 33.5 Å². The number of rotatable bonds is 7. The number of nitrogen functional groups attached to an aromatic ring is 1. The van der Waals surface area contributed by atoms with E-state index in [4.69, 9.17) is 24.7 Å². The van der Waals surface area contributed by atoms with Gasteiger partial charge in [-0.15, -0.1) is 0 Å². The molecule has 3 aromatic carbocycles. The summed E-state index contributed by atoms with van der Waals surface area (Å²) in [6.45, 7) is 0. The van der Waals surface area contributed by atoms with E-state index < -0.39 is 0 Å². The Morgan fingerprint density at radius 3 is 1.97 bits per heavy atom. The van der Waals surface area contributed by atoms with E-state index in [1.807, 2.05) is 60.7 Å². The molecule has 0 unspecified atom stereocenters. The Morgan fingerprint density at radius 2 is 1.35 bits per heavy atom. The zero-order chi connectivity index (χ0) is 24.1. The average molecular weight is 453 g/mol. The maximum atomic E-state index is 9.81. The van der Waals surface area contributed by atoms with Gasteiger partial charge in [-0.05, 0) is 48.5 Å². The van der Waals surface area contributed by atoms with E-state index >= 15 is 0 Å². The monoisotopic (exact) mass is 453 g/mol. The minimum atomic E-state index is 0.122. The van der Waals surface area contributed by atoms with Crippen LogP contribution in [0.15, 0.2) is 72.8 Å². The maximum absolute atomic E-state index is 9.81. The Kier molecular flexibility index (Phi) is 6.51. The standard InChI is InChI=1S/C27H23N3O4/c1-31-24-15-26(33-3)25(32-2)14-21(24)20-13-23(30-27(29)22(20)16-28)17-9-11-19(12-10-17)34-18-7-5-4-6-8-18/h4-15H,1-3H3,(H2,29,30). The molecule has 0 radical (unpaired) electrons. The van der Waals surface area contributed by atoms with Crippen LogP contribution in [0.1, 0.15) is 5.56 Å². The van der Waals surface area contributed by atoms with Gasteiger partial charge < -0.3 is 24.7 Å². The molecule has 0 aliphatic heterocycles. The largest absolute Gasteiger partial charge is 0.496 e. The molecule has 0 fully saturated rings. The highest BCUT2D eigenvalue weighted by atomic mass is 16.5. The third-order valence-corrected chi connectivity index (χ3v) is 5.28. The molecule has 0 saturated heterocycles. The number of anilines is 1. The molecule has 34 heavy (non-hydrogen) atoms. The predicted octanol–water partition coefficient (Wildman–Crippen LogP) is 5.69. The van der Waals surface area contributed by atoms with E-state index in [0.717, 1.165) is 11.3 Å². The number of hydrogen-bond donors (Lipinski definition) is 1. The van der Waals surface area contributed by atoms with Gasteiger partial charge >= 0.3 is 0 Å². The fourth-order valence-electron chi connectivity index (χ4n) is 3.60. The van der Waals surface area contributed by atoms with Crippen molar-refractivity contribution in [1.82, 2.24) is 4.98 Å². The summed E-state index contributed by atoms with van der Waals surface area (Å²) in [5, 5.41) is 9.81. The van der Waals surface area contributed by atoms with Gasteiger partial charge in [0, 0.05) is 22.8 Å². The van der Waals surface area contributed by atoms with Crippen molar-refractivity contribution in [1.29, 1.82) is 5.26 Å². The summed E-state index contributed by atoms with van der Waals surface area (Å²) in [7, 11) is 4.64. The van der Waals surface area contributed by atoms with Crippen molar-refractivity contribution in [2.75, 3.05) is 27.1 Å². The summed E-state index contributed by atoms with van der Waals surface area (Å²) in [4.78, 5) is 4.46. The van der Waals surface area contributed by atoms with Crippen LogP contribution in [0.2, 0.25) is 0 Å². The van der Waals surface area contributed by atoms with Gasteiger partial charge in [0.25, 0.3) is 0 Å². The third kappa shape index (κ3) is 4.43. The lowest BCUT2D eigenvalue weighted by molar-refractivity contribution is 0.349. The second-order valence-corrected chi connectivity index (χ2v) is 7.27. The highest BCUT2D eigenvalue weighted by Crippen LogP contribution is 2.42. The molecule has 4 aromatic rings. The van der Waals surface area contributed by atoms with E-state index in [1.165, 1.54) is 0 Å². The summed E-state index contributed by atoms with van der Waals surface area (Å²) in [6.07, 6.45) is 0. The van der Waals surface area contributed by atoms with Crippen molar-refractivity contribution in [3.63, 3.8) is 0 Å². The summed E-state index contributed by atoms with van der Waals surface area (Å²) in [5.74, 6) is 3.09. The van der Waals surface area contributed by atoms with E-state index in [9.17, 15) is 5.26 Å². The normalized spacial score (nSPS) is 10.3. The lowest BCUT2D eigenvalue weighted by Gasteiger charge is -2.16. The number of benzene rings is 3. The minimum Gasteiger partial charge on any atom is -0.496 e. The molecular weight excluding hydrogens is 430 g/mol. The molecule has 0 atom stereocenters. The Bertz CT molecular complexity index is 1350. The van der Waals surface area contributed by atoms with Gasteiger partial charge in [-0.25, -0.2) is 4.98 Å². The first-order chi connectivity index (χ1) is 16.6. The van der Waals surface area contributed by atoms with Crippen LogP contribution >= 0.6 is 0 Å². The molecule has 0 saturated carbocycles. The Balaban J connectivity index is 1.78. The molecule has 0 bridgehead atoms. The first-order valence-electron chi connectivity index (χ1n) is 10.4. The zero-order valence-corrected chi connectivity index (χ0v) is 19.0. The molecule has 7 nitrogen and oxygen atoms in total. The molecule has 1 aromatic heterocycles. The van der Waals surface area contributed by atoms with E-state index in [2.05, 4.69) is 11.1 Å². The SMILES string of the molecule is COc1cc(OC)c(-c2cc(-c3ccc(Oc4ccccc4)cc3)nc(N)c2C#N)cc1OC. The number of aromatic nitrogens is 1. The second-order valence-electron chi connectivity index (χ2n) is 7.27. The number of methoxy groups -OCH3 is 3. The highest BCUT2D eigenvalue weighted by molar-refractivity contribution is 5.84. The van der Waals surface area contributed by atoms with Gasteiger partial charge in [0.05, 0.1) is 27.0 Å². The molecule has 2 N–H and O–H groups in total. The van der Waals surface area contributed by atoms with Gasteiger partial charge in [-0.2, -0.15) is 5.26 Å². The third-order valence-electron chi connectivity index (χ3n) is 5.28. The van der Waals surface area contributed by atoms with Gasteiger partial charge in [0.2, 0.25) is 0 Å². The van der Waals surface area contributed by atoms with Crippen LogP contribution in [-0.2, 0) is 0 Å². The number of ether oxygens (including phenoxy) is 4. The molecule has 0 aliphatic carbocycles. The van der Waals surface area contributed by atoms with Crippen molar-refractivity contribution >= 4 is 5.82 Å². The van der Waals surface area contributed by atoms with Crippen LogP contribution in [0, 0.1) is 11.3 Å². The fraction of sp³-hybridized carbons (Fsp3) is 0.111. The summed E-state index contributed by atoms with van der Waals surface area (Å²) < 4.78 is 22.3. The quantitative estimate of drug-likeness (QED) is 0.384. The molecule has 0 spiro atoms. The lowest BCUT2D eigenvalue weighted by Crippen LogP contribution is -2.01. The Morgan fingerprint density at radius 1 is 0.735 bits per heavy atom. The lowest BCUT2D eigenvalue weighted by atomic mass is 9.97. The van der Waals surface area contributed by atoms with Crippen LogP contribution in [0.5, 0.6) is 28.7 Å². The predicted molar refractivity (Wildman–Crippen MR) is 130 cm³/mol. The first-order valence-corrected chi connectivity index (χ1v) is 10.4. The van der Waals surface area contributed by atoms with Gasteiger partial charge in [-0.3, -0.25) is 0 Å². The van der Waals surface area contributed by atoms with Crippen LogP contribution in [0.4, 0.5) is 5.82 Å². The number of hydrogen-bond acceptors (Lipinski definition) is 7. The molecule has 0 aliphatic rings. The number of nitrogens with two attached hydrogens (primary N) is 1. The summed E-state index contributed by atoms with van der Waals surface area (Å²) in [6, 6.07) is 24.5. The van der Waals surface area contributed by atoms with Crippen molar-refractivity contribution < 1.29 is 18.9 Å². The maximum Gasteiger partial charge on any atom is 0.164 e. The number of nitrogens with zero attached hydrogens (tertiary/aromatic N) is 2.